The second-order valence-corrected chi connectivity index (χ2v) is 5.56. The van der Waals surface area contributed by atoms with E-state index in [0.717, 1.165) is 37.3 Å². The lowest BCUT2D eigenvalue weighted by Gasteiger charge is -2.20. The topological polar surface area (TPSA) is 34.2 Å². The molecule has 20 heavy (non-hydrogen) atoms. The van der Waals surface area contributed by atoms with Gasteiger partial charge in [-0.2, -0.15) is 11.3 Å². The second-order valence-electron chi connectivity index (χ2n) is 4.78. The Balaban J connectivity index is 2.09. The number of hydrogen-bond acceptors (Lipinski definition) is 4. The number of thiophene rings is 1. The molecule has 0 fully saturated rings. The van der Waals surface area contributed by atoms with Gasteiger partial charge in [-0.15, -0.1) is 0 Å². The molecule has 108 valence electrons. The Morgan fingerprint density at radius 3 is 3.00 bits per heavy atom. The van der Waals surface area contributed by atoms with E-state index in [-0.39, 0.29) is 0 Å². The third-order valence-electron chi connectivity index (χ3n) is 3.31. The van der Waals surface area contributed by atoms with Crippen LogP contribution in [0.4, 0.5) is 0 Å². The Morgan fingerprint density at radius 2 is 2.30 bits per heavy atom. The molecule has 2 aromatic heterocycles. The van der Waals surface area contributed by atoms with Crippen molar-refractivity contribution < 1.29 is 4.74 Å². The normalized spacial score (nSPS) is 12.3. The molecule has 0 aliphatic carbocycles. The van der Waals surface area contributed by atoms with Crippen molar-refractivity contribution in [2.75, 3.05) is 13.7 Å². The predicted octanol–water partition coefficient (Wildman–Crippen LogP) is 3.83. The Kier molecular flexibility index (Phi) is 6.02. The highest BCUT2D eigenvalue weighted by atomic mass is 32.1. The number of nitrogens with zero attached hydrogens (tertiary/aromatic N) is 1. The van der Waals surface area contributed by atoms with E-state index in [1.807, 2.05) is 6.07 Å². The SMILES string of the molecule is CCCNC(CCc1ccsc1)c1cccnc1OC. The standard InChI is InChI=1S/C16H22N2OS/c1-3-9-17-15(7-6-13-8-11-20-12-13)14-5-4-10-18-16(14)19-2/h4-5,8,10-12,15,17H,3,6-7,9H2,1-2H3. The fourth-order valence-corrected chi connectivity index (χ4v) is 2.97. The van der Waals surface area contributed by atoms with Gasteiger partial charge < -0.3 is 10.1 Å². The lowest BCUT2D eigenvalue weighted by molar-refractivity contribution is 0.379. The summed E-state index contributed by atoms with van der Waals surface area (Å²) < 4.78 is 5.39. The number of hydrogen-bond donors (Lipinski definition) is 1. The minimum atomic E-state index is 0.290. The molecule has 0 saturated heterocycles. The molecule has 2 rings (SSSR count). The van der Waals surface area contributed by atoms with Crippen molar-refractivity contribution in [3.05, 3.63) is 46.3 Å². The molecule has 0 aromatic carbocycles. The van der Waals surface area contributed by atoms with E-state index in [2.05, 4.69) is 40.1 Å². The maximum atomic E-state index is 5.39. The monoisotopic (exact) mass is 290 g/mol. The van der Waals surface area contributed by atoms with Crippen LogP contribution in [-0.2, 0) is 6.42 Å². The first-order valence-electron chi connectivity index (χ1n) is 7.08. The molecule has 3 nitrogen and oxygen atoms in total. The first-order valence-corrected chi connectivity index (χ1v) is 8.02. The van der Waals surface area contributed by atoms with E-state index < -0.39 is 0 Å². The summed E-state index contributed by atoms with van der Waals surface area (Å²) in [6.45, 7) is 3.19. The molecular weight excluding hydrogens is 268 g/mol. The van der Waals surface area contributed by atoms with Gasteiger partial charge in [-0.05, 0) is 54.3 Å². The van der Waals surface area contributed by atoms with Crippen LogP contribution in [0.5, 0.6) is 5.88 Å². The zero-order valence-electron chi connectivity index (χ0n) is 12.1. The maximum Gasteiger partial charge on any atom is 0.217 e. The van der Waals surface area contributed by atoms with Crippen LogP contribution >= 0.6 is 11.3 Å². The molecule has 1 N–H and O–H groups in total. The van der Waals surface area contributed by atoms with Gasteiger partial charge in [0.05, 0.1) is 7.11 Å². The fraction of sp³-hybridized carbons (Fsp3) is 0.438. The van der Waals surface area contributed by atoms with Gasteiger partial charge in [-0.1, -0.05) is 13.0 Å². The summed E-state index contributed by atoms with van der Waals surface area (Å²) in [6.07, 6.45) is 5.03. The number of methoxy groups -OCH3 is 1. The average molecular weight is 290 g/mol. The summed E-state index contributed by atoms with van der Waals surface area (Å²) in [6, 6.07) is 6.57. The van der Waals surface area contributed by atoms with E-state index >= 15 is 0 Å². The Hall–Kier alpha value is -1.39. The van der Waals surface area contributed by atoms with Gasteiger partial charge in [0.2, 0.25) is 5.88 Å². The minimum absolute atomic E-state index is 0.290. The van der Waals surface area contributed by atoms with Crippen LogP contribution in [0, 0.1) is 0 Å². The molecule has 2 heterocycles. The molecular formula is C16H22N2OS. The largest absolute Gasteiger partial charge is 0.481 e. The van der Waals surface area contributed by atoms with Crippen molar-refractivity contribution in [2.24, 2.45) is 0 Å². The number of ether oxygens (including phenoxy) is 1. The molecule has 0 amide bonds. The quantitative estimate of drug-likeness (QED) is 0.802. The zero-order chi connectivity index (χ0) is 14.2. The first-order chi connectivity index (χ1) is 9.85. The average Bonchev–Trinajstić information content (AvgIpc) is 3.01. The van der Waals surface area contributed by atoms with Gasteiger partial charge in [0, 0.05) is 17.8 Å². The van der Waals surface area contributed by atoms with Gasteiger partial charge in [-0.3, -0.25) is 0 Å². The number of aryl methyl sites for hydroxylation is 1. The molecule has 0 bridgehead atoms. The Bertz CT molecular complexity index is 499. The molecule has 0 spiro atoms. The summed E-state index contributed by atoms with van der Waals surface area (Å²) in [5.41, 5.74) is 2.56. The molecule has 0 aliphatic heterocycles. The third-order valence-corrected chi connectivity index (χ3v) is 4.04. The lowest BCUT2D eigenvalue weighted by atomic mass is 10.0. The van der Waals surface area contributed by atoms with Crippen molar-refractivity contribution in [2.45, 2.75) is 32.2 Å². The van der Waals surface area contributed by atoms with E-state index in [1.54, 1.807) is 24.6 Å². The molecule has 0 aliphatic rings. The minimum Gasteiger partial charge on any atom is -0.481 e. The van der Waals surface area contributed by atoms with Crippen molar-refractivity contribution in [1.82, 2.24) is 10.3 Å². The summed E-state index contributed by atoms with van der Waals surface area (Å²) in [4.78, 5) is 4.31. The smallest absolute Gasteiger partial charge is 0.217 e. The number of nitrogens with one attached hydrogen (secondary N) is 1. The molecule has 0 saturated carbocycles. The Morgan fingerprint density at radius 1 is 1.40 bits per heavy atom. The molecule has 1 unspecified atom stereocenters. The van der Waals surface area contributed by atoms with Gasteiger partial charge in [0.15, 0.2) is 0 Å². The van der Waals surface area contributed by atoms with E-state index in [0.29, 0.717) is 6.04 Å². The van der Waals surface area contributed by atoms with E-state index in [9.17, 15) is 0 Å². The van der Waals surface area contributed by atoms with Crippen molar-refractivity contribution in [3.8, 4) is 5.88 Å². The van der Waals surface area contributed by atoms with Crippen LogP contribution in [0.1, 0.15) is 36.9 Å². The van der Waals surface area contributed by atoms with E-state index in [4.69, 9.17) is 4.74 Å². The highest BCUT2D eigenvalue weighted by molar-refractivity contribution is 7.07. The number of rotatable bonds is 8. The highest BCUT2D eigenvalue weighted by Crippen LogP contribution is 2.26. The summed E-state index contributed by atoms with van der Waals surface area (Å²) in [7, 11) is 1.68. The van der Waals surface area contributed by atoms with Gasteiger partial charge in [0.1, 0.15) is 0 Å². The maximum absolute atomic E-state index is 5.39. The molecule has 1 atom stereocenters. The summed E-state index contributed by atoms with van der Waals surface area (Å²) in [5, 5.41) is 7.96. The van der Waals surface area contributed by atoms with Crippen molar-refractivity contribution in [3.63, 3.8) is 0 Å². The lowest BCUT2D eigenvalue weighted by Crippen LogP contribution is -2.23. The van der Waals surface area contributed by atoms with Crippen LogP contribution in [-0.4, -0.2) is 18.6 Å². The predicted molar refractivity (Wildman–Crippen MR) is 84.5 cm³/mol. The van der Waals surface area contributed by atoms with Crippen molar-refractivity contribution in [1.29, 1.82) is 0 Å². The number of pyridine rings is 1. The molecule has 4 heteroatoms. The highest BCUT2D eigenvalue weighted by Gasteiger charge is 2.16. The summed E-state index contributed by atoms with van der Waals surface area (Å²) >= 11 is 1.76. The third kappa shape index (κ3) is 4.05. The Labute approximate surface area is 125 Å². The fourth-order valence-electron chi connectivity index (χ4n) is 2.27. The van der Waals surface area contributed by atoms with Crippen LogP contribution < -0.4 is 10.1 Å². The van der Waals surface area contributed by atoms with E-state index in [1.165, 1.54) is 5.56 Å². The summed E-state index contributed by atoms with van der Waals surface area (Å²) in [5.74, 6) is 0.728. The van der Waals surface area contributed by atoms with Crippen LogP contribution in [0.3, 0.4) is 0 Å². The van der Waals surface area contributed by atoms with Gasteiger partial charge >= 0.3 is 0 Å². The van der Waals surface area contributed by atoms with Gasteiger partial charge in [-0.25, -0.2) is 4.98 Å². The van der Waals surface area contributed by atoms with Gasteiger partial charge in [0.25, 0.3) is 0 Å². The van der Waals surface area contributed by atoms with Crippen LogP contribution in [0.25, 0.3) is 0 Å². The number of aromatic nitrogens is 1. The first kappa shape index (κ1) is 15.0. The van der Waals surface area contributed by atoms with Crippen LogP contribution in [0.2, 0.25) is 0 Å². The second kappa shape index (κ2) is 8.02. The zero-order valence-corrected chi connectivity index (χ0v) is 13.0. The van der Waals surface area contributed by atoms with Crippen LogP contribution in [0.15, 0.2) is 35.2 Å². The molecule has 0 radical (unpaired) electrons. The molecule has 2 aromatic rings. The van der Waals surface area contributed by atoms with Crippen molar-refractivity contribution >= 4 is 11.3 Å².